The number of rotatable bonds is 5. The van der Waals surface area contributed by atoms with E-state index in [1.807, 2.05) is 13.0 Å². The van der Waals surface area contributed by atoms with Gasteiger partial charge in [0.1, 0.15) is 5.76 Å². The molecule has 0 unspecified atom stereocenters. The lowest BCUT2D eigenvalue weighted by atomic mass is 10.1. The molecule has 0 spiro atoms. The summed E-state index contributed by atoms with van der Waals surface area (Å²) in [5.74, 6) is -0.587. The molecule has 4 nitrogen and oxygen atoms in total. The van der Waals surface area contributed by atoms with Crippen molar-refractivity contribution >= 4 is 17.5 Å². The second-order valence-corrected chi connectivity index (χ2v) is 4.15. The van der Waals surface area contributed by atoms with Crippen molar-refractivity contribution in [2.45, 2.75) is 20.3 Å². The molecule has 0 N–H and O–H groups in total. The molecule has 1 aromatic carbocycles. The molecule has 19 heavy (non-hydrogen) atoms. The Morgan fingerprint density at radius 3 is 2.47 bits per heavy atom. The fourth-order valence-corrected chi connectivity index (χ4v) is 1.99. The van der Waals surface area contributed by atoms with Crippen LogP contribution in [0.2, 0.25) is 0 Å². The topological polar surface area (TPSA) is 52.6 Å². The van der Waals surface area contributed by atoms with Crippen molar-refractivity contribution in [3.8, 4) is 0 Å². The van der Waals surface area contributed by atoms with Gasteiger partial charge in [0.25, 0.3) is 0 Å². The molecular formula is C15H16O4. The van der Waals surface area contributed by atoms with Gasteiger partial charge in [-0.15, -0.1) is 0 Å². The number of carbonyl (C=O) groups excluding carboxylic acids is 2. The van der Waals surface area contributed by atoms with Crippen LogP contribution in [-0.4, -0.2) is 25.0 Å². The van der Waals surface area contributed by atoms with Gasteiger partial charge in [0.05, 0.1) is 13.2 Å². The Morgan fingerprint density at radius 1 is 1.16 bits per heavy atom. The summed E-state index contributed by atoms with van der Waals surface area (Å²) < 4.78 is 10.5. The van der Waals surface area contributed by atoms with Crippen molar-refractivity contribution in [1.82, 2.24) is 0 Å². The van der Waals surface area contributed by atoms with Gasteiger partial charge in [0, 0.05) is 11.1 Å². The summed E-state index contributed by atoms with van der Waals surface area (Å²) in [6.07, 6.45) is 0.802. The molecule has 0 fully saturated rings. The molecule has 0 aliphatic heterocycles. The highest BCUT2D eigenvalue weighted by Gasteiger charge is 2.36. The zero-order valence-electron chi connectivity index (χ0n) is 11.1. The fourth-order valence-electron chi connectivity index (χ4n) is 1.99. The molecule has 0 amide bonds. The first-order valence-corrected chi connectivity index (χ1v) is 6.39. The first-order chi connectivity index (χ1) is 9.20. The maximum absolute atomic E-state index is 12.2. The lowest BCUT2D eigenvalue weighted by molar-refractivity contribution is -0.138. The number of hydrogen-bond acceptors (Lipinski definition) is 4. The van der Waals surface area contributed by atoms with Gasteiger partial charge in [-0.05, 0) is 13.3 Å². The highest BCUT2D eigenvalue weighted by molar-refractivity contribution is 6.32. The van der Waals surface area contributed by atoms with Gasteiger partial charge in [0.15, 0.2) is 5.57 Å². The molecular weight excluding hydrogens is 244 g/mol. The number of esters is 1. The molecule has 1 aliphatic carbocycles. The van der Waals surface area contributed by atoms with Gasteiger partial charge in [-0.3, -0.25) is 4.79 Å². The summed E-state index contributed by atoms with van der Waals surface area (Å²) in [4.78, 5) is 24.2. The first-order valence-electron chi connectivity index (χ1n) is 6.39. The van der Waals surface area contributed by atoms with E-state index in [0.717, 1.165) is 6.42 Å². The van der Waals surface area contributed by atoms with E-state index >= 15 is 0 Å². The minimum Gasteiger partial charge on any atom is -0.492 e. The van der Waals surface area contributed by atoms with E-state index in [9.17, 15) is 9.59 Å². The number of ether oxygens (including phenoxy) is 2. The van der Waals surface area contributed by atoms with Gasteiger partial charge in [-0.2, -0.15) is 0 Å². The number of benzene rings is 1. The Bertz CT molecular complexity index is 543. The summed E-state index contributed by atoms with van der Waals surface area (Å²) in [5, 5.41) is 0. The van der Waals surface area contributed by atoms with Crippen LogP contribution >= 0.6 is 0 Å². The number of hydrogen-bond donors (Lipinski definition) is 0. The van der Waals surface area contributed by atoms with Crippen molar-refractivity contribution in [1.29, 1.82) is 0 Å². The second kappa shape index (κ2) is 5.69. The monoisotopic (exact) mass is 260 g/mol. The molecule has 100 valence electrons. The molecule has 2 rings (SSSR count). The van der Waals surface area contributed by atoms with E-state index in [0.29, 0.717) is 23.5 Å². The van der Waals surface area contributed by atoms with Crippen LogP contribution in [-0.2, 0) is 14.3 Å². The Kier molecular flexibility index (Phi) is 4.00. The summed E-state index contributed by atoms with van der Waals surface area (Å²) >= 11 is 0. The Hall–Kier alpha value is -2.10. The normalized spacial score (nSPS) is 13.5. The van der Waals surface area contributed by atoms with Crippen LogP contribution in [0.4, 0.5) is 0 Å². The summed E-state index contributed by atoms with van der Waals surface area (Å²) in [7, 11) is 0. The number of ketones is 1. The summed E-state index contributed by atoms with van der Waals surface area (Å²) in [6, 6.07) is 7.06. The van der Waals surface area contributed by atoms with E-state index in [1.165, 1.54) is 0 Å². The van der Waals surface area contributed by atoms with Gasteiger partial charge in [0.2, 0.25) is 5.78 Å². The van der Waals surface area contributed by atoms with Crippen LogP contribution in [0.15, 0.2) is 29.8 Å². The Labute approximate surface area is 112 Å². The number of fused-ring (bicyclic) bond motifs is 1. The second-order valence-electron chi connectivity index (χ2n) is 4.15. The average molecular weight is 260 g/mol. The van der Waals surface area contributed by atoms with Crippen LogP contribution in [0, 0.1) is 0 Å². The van der Waals surface area contributed by atoms with Crippen molar-refractivity contribution in [3.05, 3.63) is 41.0 Å². The standard InChI is InChI=1S/C15H16O4/c1-3-9-19-14-11-8-6-5-7-10(11)13(16)12(14)15(17)18-4-2/h5-8H,3-4,9H2,1-2H3. The Balaban J connectivity index is 2.45. The minimum absolute atomic E-state index is 0.0106. The third kappa shape index (κ3) is 2.38. The molecule has 0 radical (unpaired) electrons. The van der Waals surface area contributed by atoms with E-state index in [2.05, 4.69) is 0 Å². The smallest absolute Gasteiger partial charge is 0.345 e. The third-order valence-electron chi connectivity index (χ3n) is 2.80. The molecule has 0 saturated heterocycles. The van der Waals surface area contributed by atoms with Crippen LogP contribution in [0.1, 0.15) is 36.2 Å². The van der Waals surface area contributed by atoms with Crippen molar-refractivity contribution in [2.24, 2.45) is 0 Å². The molecule has 0 bridgehead atoms. The van der Waals surface area contributed by atoms with Crippen LogP contribution in [0.3, 0.4) is 0 Å². The van der Waals surface area contributed by atoms with E-state index in [1.54, 1.807) is 25.1 Å². The number of carbonyl (C=O) groups is 2. The van der Waals surface area contributed by atoms with Crippen LogP contribution < -0.4 is 0 Å². The summed E-state index contributed by atoms with van der Waals surface area (Å²) in [5.41, 5.74) is 1.18. The highest BCUT2D eigenvalue weighted by Crippen LogP contribution is 2.34. The van der Waals surface area contributed by atoms with Gasteiger partial charge in [-0.25, -0.2) is 4.79 Å². The van der Waals surface area contributed by atoms with Crippen molar-refractivity contribution in [3.63, 3.8) is 0 Å². The first kappa shape index (κ1) is 13.3. The predicted molar refractivity (Wildman–Crippen MR) is 70.6 cm³/mol. The molecule has 4 heteroatoms. The minimum atomic E-state index is -0.616. The van der Waals surface area contributed by atoms with Gasteiger partial charge in [-0.1, -0.05) is 31.2 Å². The van der Waals surface area contributed by atoms with Crippen molar-refractivity contribution in [2.75, 3.05) is 13.2 Å². The third-order valence-corrected chi connectivity index (χ3v) is 2.80. The maximum atomic E-state index is 12.2. The molecule has 0 atom stereocenters. The lowest BCUT2D eigenvalue weighted by Gasteiger charge is -2.08. The Morgan fingerprint density at radius 2 is 1.84 bits per heavy atom. The van der Waals surface area contributed by atoms with E-state index in [-0.39, 0.29) is 18.0 Å². The zero-order chi connectivity index (χ0) is 13.8. The van der Waals surface area contributed by atoms with Crippen molar-refractivity contribution < 1.29 is 19.1 Å². The zero-order valence-corrected chi connectivity index (χ0v) is 11.1. The van der Waals surface area contributed by atoms with E-state index in [4.69, 9.17) is 9.47 Å². The highest BCUT2D eigenvalue weighted by atomic mass is 16.5. The fraction of sp³-hybridized carbons (Fsp3) is 0.333. The van der Waals surface area contributed by atoms with Crippen LogP contribution in [0.25, 0.3) is 5.76 Å². The SMILES string of the molecule is CCCOC1=C(C(=O)OCC)C(=O)c2ccccc21. The molecule has 1 aromatic rings. The van der Waals surface area contributed by atoms with Gasteiger partial charge >= 0.3 is 5.97 Å². The summed E-state index contributed by atoms with van der Waals surface area (Å²) in [6.45, 7) is 4.36. The molecule has 1 aliphatic rings. The average Bonchev–Trinajstić information content (AvgIpc) is 2.70. The van der Waals surface area contributed by atoms with E-state index < -0.39 is 5.97 Å². The maximum Gasteiger partial charge on any atom is 0.345 e. The molecule has 0 aromatic heterocycles. The van der Waals surface area contributed by atoms with Crippen LogP contribution in [0.5, 0.6) is 0 Å². The molecule has 0 heterocycles. The quantitative estimate of drug-likeness (QED) is 0.603. The van der Waals surface area contributed by atoms with Gasteiger partial charge < -0.3 is 9.47 Å². The lowest BCUT2D eigenvalue weighted by Crippen LogP contribution is -2.14. The molecule has 0 saturated carbocycles. The predicted octanol–water partition coefficient (Wildman–Crippen LogP) is 2.58. The number of Topliss-reactive ketones (excluding diaryl/α,β-unsaturated/α-hetero) is 1. The largest absolute Gasteiger partial charge is 0.492 e.